The van der Waals surface area contributed by atoms with E-state index in [1.54, 1.807) is 0 Å². The maximum absolute atomic E-state index is 3.45. The third-order valence-corrected chi connectivity index (χ3v) is 3.86. The number of benzene rings is 1. The van der Waals surface area contributed by atoms with Gasteiger partial charge in [-0.3, -0.25) is 0 Å². The quantitative estimate of drug-likeness (QED) is 0.874. The summed E-state index contributed by atoms with van der Waals surface area (Å²) in [5.74, 6) is 0. The topological polar surface area (TPSA) is 15.3 Å². The molecule has 18 heavy (non-hydrogen) atoms. The number of nitrogens with one attached hydrogen (secondary N) is 1. The molecular formula is C16H26N2. The zero-order chi connectivity index (χ0) is 13.2. The van der Waals surface area contributed by atoms with Crippen LogP contribution in [0, 0.1) is 0 Å². The Morgan fingerprint density at radius 1 is 1.22 bits per heavy atom. The highest BCUT2D eigenvalue weighted by atomic mass is 15.2. The van der Waals surface area contributed by atoms with Gasteiger partial charge in [-0.05, 0) is 44.4 Å². The molecule has 0 aromatic heterocycles. The van der Waals surface area contributed by atoms with Gasteiger partial charge in [0.05, 0.1) is 0 Å². The molecule has 0 atom stereocenters. The van der Waals surface area contributed by atoms with Crippen LogP contribution in [0.5, 0.6) is 0 Å². The van der Waals surface area contributed by atoms with E-state index in [2.05, 4.69) is 62.2 Å². The van der Waals surface area contributed by atoms with Gasteiger partial charge in [0.25, 0.3) is 0 Å². The van der Waals surface area contributed by atoms with Crippen LogP contribution < -0.4 is 10.2 Å². The van der Waals surface area contributed by atoms with Crippen molar-refractivity contribution < 1.29 is 0 Å². The molecule has 0 spiro atoms. The summed E-state index contributed by atoms with van der Waals surface area (Å²) in [6.45, 7) is 11.2. The number of hydrogen-bond donors (Lipinski definition) is 1. The molecule has 1 aliphatic rings. The van der Waals surface area contributed by atoms with E-state index in [1.165, 1.54) is 30.6 Å². The summed E-state index contributed by atoms with van der Waals surface area (Å²) in [6, 6.07) is 9.58. The second-order valence-electron chi connectivity index (χ2n) is 6.27. The van der Waals surface area contributed by atoms with Crippen molar-refractivity contribution in [1.82, 2.24) is 5.32 Å². The largest absolute Gasteiger partial charge is 0.366 e. The van der Waals surface area contributed by atoms with Gasteiger partial charge in [-0.1, -0.05) is 26.0 Å². The molecule has 0 saturated carbocycles. The maximum Gasteiger partial charge on any atom is 0.0370 e. The first kappa shape index (κ1) is 13.4. The third kappa shape index (κ3) is 3.05. The van der Waals surface area contributed by atoms with E-state index in [-0.39, 0.29) is 0 Å². The molecule has 1 aliphatic heterocycles. The Kier molecular flexibility index (Phi) is 3.96. The number of anilines is 1. The average molecular weight is 246 g/mol. The SMILES string of the molecule is CC(C)NCc1ccc(N2CCCC2(C)C)cc1. The summed E-state index contributed by atoms with van der Waals surface area (Å²) < 4.78 is 0. The summed E-state index contributed by atoms with van der Waals surface area (Å²) in [5, 5.41) is 3.45. The molecule has 1 heterocycles. The van der Waals surface area contributed by atoms with Crippen molar-refractivity contribution in [2.75, 3.05) is 11.4 Å². The molecule has 0 bridgehead atoms. The van der Waals surface area contributed by atoms with Crippen molar-refractivity contribution in [1.29, 1.82) is 0 Å². The van der Waals surface area contributed by atoms with Gasteiger partial charge in [0.15, 0.2) is 0 Å². The van der Waals surface area contributed by atoms with Crippen LogP contribution in [0.2, 0.25) is 0 Å². The Bertz CT molecular complexity index is 379. The highest BCUT2D eigenvalue weighted by molar-refractivity contribution is 5.51. The first-order valence-corrected chi connectivity index (χ1v) is 7.09. The third-order valence-electron chi connectivity index (χ3n) is 3.86. The van der Waals surface area contributed by atoms with Gasteiger partial charge in [0.2, 0.25) is 0 Å². The van der Waals surface area contributed by atoms with Crippen molar-refractivity contribution in [3.63, 3.8) is 0 Å². The molecule has 100 valence electrons. The number of hydrogen-bond acceptors (Lipinski definition) is 2. The summed E-state index contributed by atoms with van der Waals surface area (Å²) >= 11 is 0. The van der Waals surface area contributed by atoms with E-state index in [0.29, 0.717) is 11.6 Å². The Hall–Kier alpha value is -1.02. The lowest BCUT2D eigenvalue weighted by Crippen LogP contribution is -2.38. The predicted molar refractivity (Wildman–Crippen MR) is 79.1 cm³/mol. The lowest BCUT2D eigenvalue weighted by Gasteiger charge is -2.33. The zero-order valence-corrected chi connectivity index (χ0v) is 12.2. The molecule has 2 nitrogen and oxygen atoms in total. The van der Waals surface area contributed by atoms with Gasteiger partial charge in [0, 0.05) is 30.4 Å². The second kappa shape index (κ2) is 5.31. The van der Waals surface area contributed by atoms with E-state index in [9.17, 15) is 0 Å². The molecule has 0 radical (unpaired) electrons. The molecule has 1 fully saturated rings. The molecule has 1 N–H and O–H groups in total. The van der Waals surface area contributed by atoms with Crippen LogP contribution in [0.15, 0.2) is 24.3 Å². The fraction of sp³-hybridized carbons (Fsp3) is 0.625. The minimum Gasteiger partial charge on any atom is -0.366 e. The molecule has 2 heteroatoms. The van der Waals surface area contributed by atoms with Gasteiger partial charge in [-0.15, -0.1) is 0 Å². The molecule has 0 aliphatic carbocycles. The van der Waals surface area contributed by atoms with E-state index in [1.807, 2.05) is 0 Å². The van der Waals surface area contributed by atoms with Crippen molar-refractivity contribution in [2.45, 2.75) is 58.7 Å². The van der Waals surface area contributed by atoms with E-state index in [4.69, 9.17) is 0 Å². The van der Waals surface area contributed by atoms with E-state index < -0.39 is 0 Å². The van der Waals surface area contributed by atoms with Gasteiger partial charge in [-0.2, -0.15) is 0 Å². The Morgan fingerprint density at radius 3 is 2.39 bits per heavy atom. The Balaban J connectivity index is 2.03. The maximum atomic E-state index is 3.45. The van der Waals surface area contributed by atoms with E-state index >= 15 is 0 Å². The molecule has 2 rings (SSSR count). The molecular weight excluding hydrogens is 220 g/mol. The first-order chi connectivity index (χ1) is 8.49. The van der Waals surface area contributed by atoms with Gasteiger partial charge in [-0.25, -0.2) is 0 Å². The second-order valence-corrected chi connectivity index (χ2v) is 6.27. The predicted octanol–water partition coefficient (Wildman–Crippen LogP) is 3.56. The molecule has 1 saturated heterocycles. The molecule has 1 aromatic rings. The Morgan fingerprint density at radius 2 is 1.89 bits per heavy atom. The van der Waals surface area contributed by atoms with Gasteiger partial charge >= 0.3 is 0 Å². The van der Waals surface area contributed by atoms with Crippen LogP contribution >= 0.6 is 0 Å². The smallest absolute Gasteiger partial charge is 0.0370 e. The summed E-state index contributed by atoms with van der Waals surface area (Å²) in [6.07, 6.45) is 2.60. The van der Waals surface area contributed by atoms with Crippen LogP contribution in [0.25, 0.3) is 0 Å². The van der Waals surface area contributed by atoms with Crippen LogP contribution in [0.3, 0.4) is 0 Å². The van der Waals surface area contributed by atoms with Crippen molar-refractivity contribution in [2.24, 2.45) is 0 Å². The highest BCUT2D eigenvalue weighted by Crippen LogP contribution is 2.33. The van der Waals surface area contributed by atoms with Crippen molar-refractivity contribution in [3.05, 3.63) is 29.8 Å². The fourth-order valence-corrected chi connectivity index (χ4v) is 2.70. The summed E-state index contributed by atoms with van der Waals surface area (Å²) in [7, 11) is 0. The van der Waals surface area contributed by atoms with Gasteiger partial charge in [0.1, 0.15) is 0 Å². The highest BCUT2D eigenvalue weighted by Gasteiger charge is 2.31. The average Bonchev–Trinajstić information content (AvgIpc) is 2.67. The van der Waals surface area contributed by atoms with Crippen LogP contribution in [-0.4, -0.2) is 18.1 Å². The molecule has 0 unspecified atom stereocenters. The minimum atomic E-state index is 0.317. The first-order valence-electron chi connectivity index (χ1n) is 7.09. The number of nitrogens with zero attached hydrogens (tertiary/aromatic N) is 1. The lowest BCUT2D eigenvalue weighted by atomic mass is 10.0. The monoisotopic (exact) mass is 246 g/mol. The molecule has 1 aromatic carbocycles. The van der Waals surface area contributed by atoms with E-state index in [0.717, 1.165) is 6.54 Å². The normalized spacial score (nSPS) is 18.6. The molecule has 0 amide bonds. The zero-order valence-electron chi connectivity index (χ0n) is 12.2. The van der Waals surface area contributed by atoms with Crippen LogP contribution in [0.1, 0.15) is 46.1 Å². The lowest BCUT2D eigenvalue weighted by molar-refractivity contribution is 0.518. The van der Waals surface area contributed by atoms with Crippen LogP contribution in [0.4, 0.5) is 5.69 Å². The van der Waals surface area contributed by atoms with Gasteiger partial charge < -0.3 is 10.2 Å². The minimum absolute atomic E-state index is 0.317. The standard InChI is InChI=1S/C16H26N2/c1-13(2)17-12-14-6-8-15(9-7-14)18-11-5-10-16(18,3)4/h6-9,13,17H,5,10-12H2,1-4H3. The summed E-state index contributed by atoms with van der Waals surface area (Å²) in [5.41, 5.74) is 3.05. The Labute approximate surface area is 111 Å². The summed E-state index contributed by atoms with van der Waals surface area (Å²) in [4.78, 5) is 2.53. The fourth-order valence-electron chi connectivity index (χ4n) is 2.70. The van der Waals surface area contributed by atoms with Crippen LogP contribution in [-0.2, 0) is 6.54 Å². The van der Waals surface area contributed by atoms with Crippen molar-refractivity contribution in [3.8, 4) is 0 Å². The van der Waals surface area contributed by atoms with Crippen molar-refractivity contribution >= 4 is 5.69 Å². The number of rotatable bonds is 4.